The predicted molar refractivity (Wildman–Crippen MR) is 96.0 cm³/mol. The Labute approximate surface area is 136 Å². The van der Waals surface area contributed by atoms with Crippen LogP contribution in [0.4, 0.5) is 11.6 Å². The van der Waals surface area contributed by atoms with Gasteiger partial charge in [-0.25, -0.2) is 9.97 Å². The number of anilines is 2. The summed E-state index contributed by atoms with van der Waals surface area (Å²) >= 11 is 0. The monoisotopic (exact) mass is 306 g/mol. The van der Waals surface area contributed by atoms with Crippen molar-refractivity contribution in [2.45, 2.75) is 79.3 Å². The van der Waals surface area contributed by atoms with Crippen molar-refractivity contribution in [3.05, 3.63) is 12.4 Å². The third kappa shape index (κ3) is 6.20. The fraction of sp³-hybridized carbons (Fsp3) is 0.778. The van der Waals surface area contributed by atoms with Crippen LogP contribution < -0.4 is 10.6 Å². The Morgan fingerprint density at radius 1 is 0.818 bits per heavy atom. The highest BCUT2D eigenvalue weighted by Gasteiger charge is 2.22. The third-order valence-electron chi connectivity index (χ3n) is 4.20. The van der Waals surface area contributed by atoms with Gasteiger partial charge in [0.1, 0.15) is 11.6 Å². The number of nitrogens with zero attached hydrogens (tertiary/aromatic N) is 3. The van der Waals surface area contributed by atoms with Gasteiger partial charge in [-0.3, -0.25) is 0 Å². The minimum Gasteiger partial charge on any atom is -0.382 e. The zero-order chi connectivity index (χ0) is 16.7. The fourth-order valence-electron chi connectivity index (χ4n) is 2.78. The largest absolute Gasteiger partial charge is 0.382 e. The van der Waals surface area contributed by atoms with Gasteiger partial charge in [-0.05, 0) is 51.4 Å². The third-order valence-corrected chi connectivity index (χ3v) is 4.20. The Hall–Kier alpha value is -1.32. The molecule has 22 heavy (non-hydrogen) atoms. The minimum atomic E-state index is 0.461. The normalized spacial score (nSPS) is 14.4. The molecule has 0 saturated heterocycles. The van der Waals surface area contributed by atoms with Crippen molar-refractivity contribution in [1.29, 1.82) is 0 Å². The summed E-state index contributed by atoms with van der Waals surface area (Å²) in [5, 5.41) is 0. The van der Waals surface area contributed by atoms with Crippen molar-refractivity contribution in [2.75, 3.05) is 10.6 Å². The van der Waals surface area contributed by atoms with Crippen molar-refractivity contribution < 1.29 is 0 Å². The van der Waals surface area contributed by atoms with Gasteiger partial charge in [-0.15, -0.1) is 0 Å². The lowest BCUT2D eigenvalue weighted by atomic mass is 9.99. The predicted octanol–water partition coefficient (Wildman–Crippen LogP) is 4.51. The molecule has 4 nitrogen and oxygen atoms in total. The van der Waals surface area contributed by atoms with Gasteiger partial charge in [0.05, 0.1) is 12.4 Å². The first kappa shape index (κ1) is 18.7. The second-order valence-corrected chi connectivity index (χ2v) is 7.35. The maximum Gasteiger partial charge on any atom is 0.147 e. The zero-order valence-electron chi connectivity index (χ0n) is 15.2. The Balaban J connectivity index is 2.85. The van der Waals surface area contributed by atoms with Gasteiger partial charge < -0.3 is 10.6 Å². The lowest BCUT2D eigenvalue weighted by Gasteiger charge is -2.36. The van der Waals surface area contributed by atoms with Gasteiger partial charge in [0.2, 0.25) is 0 Å². The molecule has 0 aromatic carbocycles. The van der Waals surface area contributed by atoms with E-state index in [4.69, 9.17) is 5.73 Å². The Bertz CT molecular complexity index is 396. The summed E-state index contributed by atoms with van der Waals surface area (Å²) in [6.45, 7) is 13.7. The molecule has 126 valence electrons. The quantitative estimate of drug-likeness (QED) is 0.729. The number of hydrogen-bond donors (Lipinski definition) is 1. The van der Waals surface area contributed by atoms with Crippen LogP contribution in [0.5, 0.6) is 0 Å². The second kappa shape index (κ2) is 8.96. The molecule has 1 aromatic heterocycles. The van der Waals surface area contributed by atoms with Gasteiger partial charge in [-0.1, -0.05) is 27.7 Å². The van der Waals surface area contributed by atoms with E-state index in [1.165, 1.54) is 25.7 Å². The summed E-state index contributed by atoms with van der Waals surface area (Å²) in [6, 6.07) is 0.921. The number of aromatic nitrogens is 2. The van der Waals surface area contributed by atoms with Crippen LogP contribution in [0.2, 0.25) is 0 Å². The maximum atomic E-state index is 5.68. The second-order valence-electron chi connectivity index (χ2n) is 7.35. The zero-order valence-corrected chi connectivity index (χ0v) is 15.2. The first-order valence-corrected chi connectivity index (χ1v) is 8.67. The van der Waals surface area contributed by atoms with Crippen LogP contribution in [-0.2, 0) is 0 Å². The number of nitrogen functional groups attached to an aromatic ring is 1. The number of hydrogen-bond acceptors (Lipinski definition) is 4. The number of nitrogens with two attached hydrogens (primary N) is 1. The summed E-state index contributed by atoms with van der Waals surface area (Å²) in [6.07, 6.45) is 8.29. The van der Waals surface area contributed by atoms with Crippen molar-refractivity contribution >= 4 is 11.6 Å². The van der Waals surface area contributed by atoms with Crippen LogP contribution in [-0.4, -0.2) is 22.1 Å². The van der Waals surface area contributed by atoms with Gasteiger partial charge in [-0.2, -0.15) is 0 Å². The highest BCUT2D eigenvalue weighted by Crippen LogP contribution is 2.24. The molecule has 1 rings (SSSR count). The lowest BCUT2D eigenvalue weighted by Crippen LogP contribution is -2.41. The van der Waals surface area contributed by atoms with E-state index < -0.39 is 0 Å². The summed E-state index contributed by atoms with van der Waals surface area (Å²) in [5.41, 5.74) is 5.68. The minimum absolute atomic E-state index is 0.461. The topological polar surface area (TPSA) is 55.0 Å². The molecule has 1 heterocycles. The molecule has 0 amide bonds. The van der Waals surface area contributed by atoms with Crippen molar-refractivity contribution in [3.63, 3.8) is 0 Å². The molecule has 0 aliphatic carbocycles. The van der Waals surface area contributed by atoms with Crippen LogP contribution in [0.3, 0.4) is 0 Å². The SMILES string of the molecule is CC(C)CCC(C)N(c1cnc(N)cn1)C(C)CCC(C)C. The molecule has 2 N–H and O–H groups in total. The van der Waals surface area contributed by atoms with E-state index >= 15 is 0 Å². The van der Waals surface area contributed by atoms with E-state index in [0.29, 0.717) is 17.9 Å². The average molecular weight is 306 g/mol. The highest BCUT2D eigenvalue weighted by molar-refractivity contribution is 5.41. The smallest absolute Gasteiger partial charge is 0.147 e. The molecule has 0 fully saturated rings. The van der Waals surface area contributed by atoms with Crippen LogP contribution in [0.15, 0.2) is 12.4 Å². The Morgan fingerprint density at radius 3 is 1.68 bits per heavy atom. The van der Waals surface area contributed by atoms with E-state index in [2.05, 4.69) is 56.4 Å². The average Bonchev–Trinajstić information content (AvgIpc) is 2.45. The van der Waals surface area contributed by atoms with Crippen LogP contribution in [0.1, 0.15) is 67.2 Å². The molecule has 0 saturated carbocycles. The van der Waals surface area contributed by atoms with Gasteiger partial charge in [0.15, 0.2) is 0 Å². The van der Waals surface area contributed by atoms with Crippen molar-refractivity contribution in [2.24, 2.45) is 11.8 Å². The number of rotatable bonds is 9. The van der Waals surface area contributed by atoms with E-state index in [-0.39, 0.29) is 0 Å². The van der Waals surface area contributed by atoms with Gasteiger partial charge in [0.25, 0.3) is 0 Å². The molecule has 0 spiro atoms. The van der Waals surface area contributed by atoms with E-state index in [0.717, 1.165) is 17.7 Å². The van der Waals surface area contributed by atoms with Gasteiger partial charge in [0, 0.05) is 12.1 Å². The van der Waals surface area contributed by atoms with Crippen LogP contribution >= 0.6 is 0 Å². The van der Waals surface area contributed by atoms with Crippen LogP contribution in [0.25, 0.3) is 0 Å². The van der Waals surface area contributed by atoms with E-state index in [1.54, 1.807) is 6.20 Å². The molecule has 2 atom stereocenters. The molecule has 0 aliphatic heterocycles. The summed E-state index contributed by atoms with van der Waals surface area (Å²) in [7, 11) is 0. The summed E-state index contributed by atoms with van der Waals surface area (Å²) in [4.78, 5) is 11.2. The Morgan fingerprint density at radius 2 is 1.32 bits per heavy atom. The fourth-order valence-corrected chi connectivity index (χ4v) is 2.78. The standard InChI is InChI=1S/C18H34N4/c1-13(2)7-9-15(5)22(16(6)10-8-14(3)4)18-12-20-17(19)11-21-18/h11-16H,7-10H2,1-6H3,(H2,19,20). The molecule has 2 unspecified atom stereocenters. The molecular weight excluding hydrogens is 272 g/mol. The molecular formula is C18H34N4. The molecule has 0 aliphatic rings. The van der Waals surface area contributed by atoms with Crippen LogP contribution in [0, 0.1) is 11.8 Å². The Kier molecular flexibility index (Phi) is 7.63. The van der Waals surface area contributed by atoms with Gasteiger partial charge >= 0.3 is 0 Å². The molecule has 4 heteroatoms. The van der Waals surface area contributed by atoms with Crippen molar-refractivity contribution in [3.8, 4) is 0 Å². The van der Waals surface area contributed by atoms with E-state index in [1.807, 2.05) is 6.20 Å². The summed E-state index contributed by atoms with van der Waals surface area (Å²) in [5.74, 6) is 2.88. The van der Waals surface area contributed by atoms with Crippen molar-refractivity contribution in [1.82, 2.24) is 9.97 Å². The molecule has 0 radical (unpaired) electrons. The lowest BCUT2D eigenvalue weighted by molar-refractivity contribution is 0.428. The molecule has 0 bridgehead atoms. The molecule has 1 aromatic rings. The summed E-state index contributed by atoms with van der Waals surface area (Å²) < 4.78 is 0. The maximum absolute atomic E-state index is 5.68. The highest BCUT2D eigenvalue weighted by atomic mass is 15.2. The first-order chi connectivity index (χ1) is 10.3. The van der Waals surface area contributed by atoms with E-state index in [9.17, 15) is 0 Å². The first-order valence-electron chi connectivity index (χ1n) is 8.67.